The van der Waals surface area contributed by atoms with Crippen molar-refractivity contribution in [2.24, 2.45) is 5.92 Å². The highest BCUT2D eigenvalue weighted by atomic mass is 16.5. The molecule has 0 aliphatic carbocycles. The first kappa shape index (κ1) is 20.4. The van der Waals surface area contributed by atoms with Crippen LogP contribution in [0.4, 0.5) is 11.5 Å². The molecule has 0 saturated carbocycles. The molecule has 7 heteroatoms. The monoisotopic (exact) mass is 421 g/mol. The summed E-state index contributed by atoms with van der Waals surface area (Å²) in [6, 6.07) is 7.12. The van der Waals surface area contributed by atoms with Gasteiger partial charge in [0.1, 0.15) is 5.82 Å². The fourth-order valence-electron chi connectivity index (χ4n) is 5.03. The van der Waals surface area contributed by atoms with Gasteiger partial charge in [-0.3, -0.25) is 9.78 Å². The van der Waals surface area contributed by atoms with Gasteiger partial charge in [0.15, 0.2) is 0 Å². The maximum absolute atomic E-state index is 12.5. The van der Waals surface area contributed by atoms with E-state index in [1.54, 1.807) is 6.92 Å². The van der Waals surface area contributed by atoms with Crippen molar-refractivity contribution in [1.29, 1.82) is 0 Å². The van der Waals surface area contributed by atoms with Gasteiger partial charge in [0.2, 0.25) is 5.91 Å². The number of hydrogen-bond donors (Lipinski definition) is 2. The van der Waals surface area contributed by atoms with Gasteiger partial charge in [0.05, 0.1) is 30.2 Å². The molecule has 0 bridgehead atoms. The van der Waals surface area contributed by atoms with Crippen LogP contribution in [0.15, 0.2) is 30.6 Å². The van der Waals surface area contributed by atoms with Crippen LogP contribution < -0.4 is 15.5 Å². The predicted molar refractivity (Wildman–Crippen MR) is 120 cm³/mol. The number of amides is 1. The fourth-order valence-corrected chi connectivity index (χ4v) is 5.03. The Bertz CT molecular complexity index is 953. The van der Waals surface area contributed by atoms with Crippen LogP contribution in [-0.2, 0) is 9.53 Å². The third-order valence-corrected chi connectivity index (χ3v) is 7.11. The van der Waals surface area contributed by atoms with Crippen LogP contribution in [-0.4, -0.2) is 41.7 Å². The summed E-state index contributed by atoms with van der Waals surface area (Å²) in [5, 5.41) is 6.90. The molecular weight excluding hydrogens is 390 g/mol. The second kappa shape index (κ2) is 8.20. The molecule has 0 radical (unpaired) electrons. The minimum atomic E-state index is 0.0552. The van der Waals surface area contributed by atoms with Gasteiger partial charge in [-0.1, -0.05) is 19.1 Å². The van der Waals surface area contributed by atoms with Gasteiger partial charge in [-0.05, 0) is 42.9 Å². The van der Waals surface area contributed by atoms with Crippen molar-refractivity contribution < 1.29 is 9.53 Å². The smallest absolute Gasteiger partial charge is 0.224 e. The van der Waals surface area contributed by atoms with Gasteiger partial charge >= 0.3 is 0 Å². The Hall–Kier alpha value is -2.51. The number of ether oxygens (including phenoxy) is 1. The minimum absolute atomic E-state index is 0.0552. The summed E-state index contributed by atoms with van der Waals surface area (Å²) in [7, 11) is 0. The lowest BCUT2D eigenvalue weighted by atomic mass is 9.80. The summed E-state index contributed by atoms with van der Waals surface area (Å²) in [5.74, 6) is 1.57. The van der Waals surface area contributed by atoms with E-state index in [0.29, 0.717) is 12.0 Å². The van der Waals surface area contributed by atoms with E-state index in [1.165, 1.54) is 11.1 Å². The molecule has 1 aromatic carbocycles. The summed E-state index contributed by atoms with van der Waals surface area (Å²) in [4.78, 5) is 23.7. The number of rotatable bonds is 4. The van der Waals surface area contributed by atoms with Gasteiger partial charge in [-0.15, -0.1) is 0 Å². The first-order valence-corrected chi connectivity index (χ1v) is 11.4. The van der Waals surface area contributed by atoms with Crippen LogP contribution in [0.1, 0.15) is 68.4 Å². The third kappa shape index (κ3) is 3.92. The predicted octanol–water partition coefficient (Wildman–Crippen LogP) is 3.56. The van der Waals surface area contributed by atoms with Crippen LogP contribution >= 0.6 is 0 Å². The number of hydrogen-bond acceptors (Lipinski definition) is 6. The van der Waals surface area contributed by atoms with Crippen molar-refractivity contribution in [3.8, 4) is 0 Å². The Morgan fingerprint density at radius 1 is 1.19 bits per heavy atom. The van der Waals surface area contributed by atoms with Crippen molar-refractivity contribution in [3.05, 3.63) is 47.4 Å². The fraction of sp³-hybridized carbons (Fsp3) is 0.542. The van der Waals surface area contributed by atoms with E-state index in [2.05, 4.69) is 52.6 Å². The number of carbonyl (C=O) groups excluding carboxylic acids is 1. The highest BCUT2D eigenvalue weighted by Gasteiger charge is 2.39. The topological polar surface area (TPSA) is 89.3 Å². The number of nitrogens with one attached hydrogen (secondary N) is 2. The van der Waals surface area contributed by atoms with E-state index in [0.717, 1.165) is 49.8 Å². The van der Waals surface area contributed by atoms with E-state index in [9.17, 15) is 4.79 Å². The van der Waals surface area contributed by atoms with E-state index in [1.807, 2.05) is 17.3 Å². The first-order chi connectivity index (χ1) is 15.0. The lowest BCUT2D eigenvalue weighted by molar-refractivity contribution is -0.117. The van der Waals surface area contributed by atoms with Gasteiger partial charge in [-0.2, -0.15) is 0 Å². The van der Waals surface area contributed by atoms with Crippen LogP contribution in [0.5, 0.6) is 0 Å². The molecule has 4 heterocycles. The lowest BCUT2D eigenvalue weighted by Crippen LogP contribution is -2.48. The van der Waals surface area contributed by atoms with E-state index in [4.69, 9.17) is 4.74 Å². The molecule has 2 aromatic rings. The van der Waals surface area contributed by atoms with Gasteiger partial charge < -0.3 is 20.3 Å². The number of aromatic nitrogens is 2. The van der Waals surface area contributed by atoms with Crippen molar-refractivity contribution >= 4 is 17.4 Å². The Morgan fingerprint density at radius 3 is 2.61 bits per heavy atom. The van der Waals surface area contributed by atoms with Gasteiger partial charge in [0, 0.05) is 44.3 Å². The Morgan fingerprint density at radius 2 is 1.97 bits per heavy atom. The molecule has 0 spiro atoms. The molecule has 7 nitrogen and oxygen atoms in total. The van der Waals surface area contributed by atoms with Crippen molar-refractivity contribution in [3.63, 3.8) is 0 Å². The maximum Gasteiger partial charge on any atom is 0.224 e. The minimum Gasteiger partial charge on any atom is -0.381 e. The van der Waals surface area contributed by atoms with Crippen LogP contribution in [0.3, 0.4) is 0 Å². The molecule has 2 fully saturated rings. The summed E-state index contributed by atoms with van der Waals surface area (Å²) in [6.45, 7) is 8.59. The molecule has 5 rings (SSSR count). The molecule has 164 valence electrons. The van der Waals surface area contributed by atoms with Crippen LogP contribution in [0, 0.1) is 5.92 Å². The van der Waals surface area contributed by atoms with Crippen molar-refractivity contribution in [2.75, 3.05) is 30.0 Å². The van der Waals surface area contributed by atoms with Crippen molar-refractivity contribution in [2.45, 2.75) is 57.7 Å². The maximum atomic E-state index is 12.5. The van der Waals surface area contributed by atoms with Gasteiger partial charge in [0.25, 0.3) is 0 Å². The highest BCUT2D eigenvalue weighted by molar-refractivity contribution is 5.94. The zero-order valence-electron chi connectivity index (χ0n) is 18.5. The summed E-state index contributed by atoms with van der Waals surface area (Å²) in [5.41, 5.74) is 4.48. The number of carbonyl (C=O) groups is 1. The molecule has 1 aromatic heterocycles. The summed E-state index contributed by atoms with van der Waals surface area (Å²) in [6.07, 6.45) is 5.76. The second-order valence-corrected chi connectivity index (χ2v) is 9.10. The Balaban J connectivity index is 1.50. The zero-order chi connectivity index (χ0) is 21.5. The van der Waals surface area contributed by atoms with E-state index in [-0.39, 0.29) is 23.9 Å². The molecule has 4 unspecified atom stereocenters. The molecule has 4 atom stereocenters. The molecule has 3 aliphatic rings. The Labute approximate surface area is 183 Å². The molecular formula is C24H31N5O2. The molecule has 3 aliphatic heterocycles. The second-order valence-electron chi connectivity index (χ2n) is 9.10. The van der Waals surface area contributed by atoms with Gasteiger partial charge in [-0.25, -0.2) is 4.98 Å². The number of nitrogens with zero attached hydrogens (tertiary/aromatic N) is 3. The molecule has 31 heavy (non-hydrogen) atoms. The first-order valence-electron chi connectivity index (χ1n) is 11.4. The standard InChI is InChI=1S/C24H31N5O2/c1-14-15(2)29(16(3)30)22-5-4-18(17-6-8-31-9-7-17)10-19(22)24(14)28-23-13-26-21(12-27-23)20-11-25-20/h4-5,10,12-15,17,20,24-25H,6-9,11H2,1-3H3,(H,27,28). The Kier molecular flexibility index (Phi) is 5.40. The van der Waals surface area contributed by atoms with E-state index < -0.39 is 0 Å². The molecule has 2 saturated heterocycles. The van der Waals surface area contributed by atoms with Crippen LogP contribution in [0.2, 0.25) is 0 Å². The number of anilines is 2. The average molecular weight is 422 g/mol. The largest absolute Gasteiger partial charge is 0.381 e. The van der Waals surface area contributed by atoms with Crippen LogP contribution in [0.25, 0.3) is 0 Å². The molecule has 2 N–H and O–H groups in total. The third-order valence-electron chi connectivity index (χ3n) is 7.11. The molecule has 1 amide bonds. The van der Waals surface area contributed by atoms with Crippen molar-refractivity contribution in [1.82, 2.24) is 15.3 Å². The number of benzene rings is 1. The SMILES string of the molecule is CC(=O)N1c2ccc(C3CCOCC3)cc2C(Nc2cnc(C3CN3)cn2)C(C)C1C. The lowest BCUT2D eigenvalue weighted by Gasteiger charge is -2.44. The highest BCUT2D eigenvalue weighted by Crippen LogP contribution is 2.44. The average Bonchev–Trinajstić information content (AvgIpc) is 3.63. The summed E-state index contributed by atoms with van der Waals surface area (Å²) >= 11 is 0. The normalized spacial score (nSPS) is 28.2. The number of fused-ring (bicyclic) bond motifs is 1. The zero-order valence-corrected chi connectivity index (χ0v) is 18.5. The quantitative estimate of drug-likeness (QED) is 0.734. The van der Waals surface area contributed by atoms with E-state index >= 15 is 0 Å². The summed E-state index contributed by atoms with van der Waals surface area (Å²) < 4.78 is 5.56.